The minimum absolute atomic E-state index is 0.0935. The smallest absolute Gasteiger partial charge is 0.335 e. The summed E-state index contributed by atoms with van der Waals surface area (Å²) in [6.07, 6.45) is 1.92. The van der Waals surface area contributed by atoms with E-state index in [0.29, 0.717) is 12.1 Å². The van der Waals surface area contributed by atoms with Gasteiger partial charge in [-0.25, -0.2) is 14.8 Å². The number of amides is 1. The first-order chi connectivity index (χ1) is 12.4. The zero-order valence-electron chi connectivity index (χ0n) is 15.0. The van der Waals surface area contributed by atoms with Crippen molar-refractivity contribution in [3.63, 3.8) is 0 Å². The van der Waals surface area contributed by atoms with Gasteiger partial charge in [0.25, 0.3) is 5.56 Å². The van der Waals surface area contributed by atoms with Gasteiger partial charge in [-0.15, -0.1) is 0 Å². The summed E-state index contributed by atoms with van der Waals surface area (Å²) in [7, 11) is 0. The topological polar surface area (TPSA) is 117 Å². The molecule has 0 unspecified atom stereocenters. The van der Waals surface area contributed by atoms with E-state index in [9.17, 15) is 19.5 Å². The number of benzene rings is 1. The SMILES string of the molecule is CCCCC(=O)N/N=C(\C)c1c(O)n(-c2ccccc2C)c(=O)[nH]c1=O. The second-order valence-corrected chi connectivity index (χ2v) is 5.92. The quantitative estimate of drug-likeness (QED) is 0.537. The molecule has 1 amide bonds. The van der Waals surface area contributed by atoms with E-state index in [2.05, 4.69) is 15.5 Å². The highest BCUT2D eigenvalue weighted by Gasteiger charge is 2.19. The van der Waals surface area contributed by atoms with Crippen LogP contribution in [0.1, 0.15) is 44.2 Å². The van der Waals surface area contributed by atoms with Crippen LogP contribution in [0, 0.1) is 6.92 Å². The Kier molecular flexibility index (Phi) is 6.11. The van der Waals surface area contributed by atoms with Crippen LogP contribution in [0.3, 0.4) is 0 Å². The molecule has 26 heavy (non-hydrogen) atoms. The normalized spacial score (nSPS) is 11.4. The van der Waals surface area contributed by atoms with Crippen LogP contribution in [0.5, 0.6) is 5.88 Å². The molecule has 1 aromatic carbocycles. The first kappa shape index (κ1) is 19.2. The van der Waals surface area contributed by atoms with Gasteiger partial charge in [-0.2, -0.15) is 5.10 Å². The van der Waals surface area contributed by atoms with Crippen molar-refractivity contribution in [2.45, 2.75) is 40.0 Å². The largest absolute Gasteiger partial charge is 0.493 e. The lowest BCUT2D eigenvalue weighted by molar-refractivity contribution is -0.121. The van der Waals surface area contributed by atoms with Gasteiger partial charge in [-0.1, -0.05) is 31.5 Å². The Morgan fingerprint density at radius 2 is 2.00 bits per heavy atom. The summed E-state index contributed by atoms with van der Waals surface area (Å²) in [5, 5.41) is 14.4. The van der Waals surface area contributed by atoms with Crippen LogP contribution in [0.4, 0.5) is 0 Å². The van der Waals surface area contributed by atoms with Gasteiger partial charge in [-0.05, 0) is 31.9 Å². The van der Waals surface area contributed by atoms with Gasteiger partial charge in [0.05, 0.1) is 11.4 Å². The first-order valence-electron chi connectivity index (χ1n) is 8.34. The van der Waals surface area contributed by atoms with E-state index in [1.807, 2.05) is 6.92 Å². The average molecular weight is 358 g/mol. The van der Waals surface area contributed by atoms with Crippen molar-refractivity contribution in [1.82, 2.24) is 15.0 Å². The molecule has 0 aliphatic heterocycles. The third kappa shape index (κ3) is 4.08. The Labute approximate surface area is 150 Å². The van der Waals surface area contributed by atoms with Crippen LogP contribution >= 0.6 is 0 Å². The van der Waals surface area contributed by atoms with E-state index in [0.717, 1.165) is 23.0 Å². The molecule has 0 bridgehead atoms. The molecule has 8 heteroatoms. The van der Waals surface area contributed by atoms with E-state index < -0.39 is 17.1 Å². The maximum atomic E-state index is 12.2. The molecule has 1 heterocycles. The molecule has 0 saturated heterocycles. The highest BCUT2D eigenvalue weighted by Crippen LogP contribution is 2.19. The summed E-state index contributed by atoms with van der Waals surface area (Å²) in [6.45, 7) is 5.21. The Morgan fingerprint density at radius 1 is 1.31 bits per heavy atom. The van der Waals surface area contributed by atoms with Gasteiger partial charge in [0.1, 0.15) is 5.56 Å². The molecule has 0 spiro atoms. The molecule has 0 radical (unpaired) electrons. The Bertz CT molecular complexity index is 956. The number of H-pyrrole nitrogens is 1. The molecule has 0 saturated carbocycles. The fraction of sp³-hybridized carbons (Fsp3) is 0.333. The first-order valence-corrected chi connectivity index (χ1v) is 8.34. The van der Waals surface area contributed by atoms with Crippen molar-refractivity contribution in [2.24, 2.45) is 5.10 Å². The van der Waals surface area contributed by atoms with Crippen LogP contribution in [-0.2, 0) is 4.79 Å². The van der Waals surface area contributed by atoms with Gasteiger partial charge < -0.3 is 5.11 Å². The number of aromatic nitrogens is 2. The molecule has 0 aliphatic carbocycles. The summed E-state index contributed by atoms with van der Waals surface area (Å²) in [6, 6.07) is 6.94. The van der Waals surface area contributed by atoms with Crippen molar-refractivity contribution in [1.29, 1.82) is 0 Å². The van der Waals surface area contributed by atoms with Crippen LogP contribution in [-0.4, -0.2) is 26.3 Å². The summed E-state index contributed by atoms with van der Waals surface area (Å²) in [5.41, 5.74) is 1.91. The van der Waals surface area contributed by atoms with E-state index in [1.165, 1.54) is 6.92 Å². The third-order valence-corrected chi connectivity index (χ3v) is 3.91. The molecule has 8 nitrogen and oxygen atoms in total. The minimum atomic E-state index is -0.776. The molecule has 3 N–H and O–H groups in total. The molecule has 0 atom stereocenters. The number of aromatic hydroxyl groups is 1. The fourth-order valence-corrected chi connectivity index (χ4v) is 2.48. The zero-order chi connectivity index (χ0) is 19.3. The fourth-order valence-electron chi connectivity index (χ4n) is 2.48. The summed E-state index contributed by atoms with van der Waals surface area (Å²) < 4.78 is 1.00. The number of hydrazone groups is 1. The van der Waals surface area contributed by atoms with E-state index in [4.69, 9.17) is 0 Å². The molecule has 138 valence electrons. The number of nitrogens with one attached hydrogen (secondary N) is 2. The van der Waals surface area contributed by atoms with Gasteiger partial charge in [0, 0.05) is 6.42 Å². The number of hydrogen-bond acceptors (Lipinski definition) is 5. The summed E-state index contributed by atoms with van der Waals surface area (Å²) in [4.78, 5) is 38.2. The lowest BCUT2D eigenvalue weighted by Gasteiger charge is -2.13. The number of para-hydroxylation sites is 1. The van der Waals surface area contributed by atoms with Crippen molar-refractivity contribution in [3.8, 4) is 11.6 Å². The molecular formula is C18H22N4O4. The highest BCUT2D eigenvalue weighted by molar-refractivity contribution is 6.00. The second kappa shape index (κ2) is 8.28. The van der Waals surface area contributed by atoms with E-state index in [-0.39, 0.29) is 17.2 Å². The molecule has 2 aromatic rings. The van der Waals surface area contributed by atoms with Crippen molar-refractivity contribution >= 4 is 11.6 Å². The van der Waals surface area contributed by atoms with E-state index >= 15 is 0 Å². The maximum Gasteiger partial charge on any atom is 0.335 e. The molecule has 0 fully saturated rings. The summed E-state index contributed by atoms with van der Waals surface area (Å²) >= 11 is 0. The van der Waals surface area contributed by atoms with Gasteiger partial charge in [0.15, 0.2) is 0 Å². The van der Waals surface area contributed by atoms with Crippen LogP contribution in [0.15, 0.2) is 39.0 Å². The Balaban J connectivity index is 2.49. The van der Waals surface area contributed by atoms with Crippen LogP contribution in [0.2, 0.25) is 0 Å². The number of aryl methyl sites for hydroxylation is 1. The highest BCUT2D eigenvalue weighted by atomic mass is 16.3. The number of carbonyl (C=O) groups is 1. The minimum Gasteiger partial charge on any atom is -0.493 e. The second-order valence-electron chi connectivity index (χ2n) is 5.92. The number of hydrogen-bond donors (Lipinski definition) is 3. The standard InChI is InChI=1S/C18H22N4O4/c1-4-5-10-14(23)21-20-12(3)15-16(24)19-18(26)22(17(15)25)13-9-7-6-8-11(13)2/h6-9,25H,4-5,10H2,1-3H3,(H,21,23)(H,19,24,26)/b20-12+. The van der Waals surface area contributed by atoms with Gasteiger partial charge in [-0.3, -0.25) is 14.6 Å². The van der Waals surface area contributed by atoms with Crippen molar-refractivity contribution in [2.75, 3.05) is 0 Å². The van der Waals surface area contributed by atoms with Crippen LogP contribution in [0.25, 0.3) is 5.69 Å². The van der Waals surface area contributed by atoms with E-state index in [1.54, 1.807) is 31.2 Å². The summed E-state index contributed by atoms with van der Waals surface area (Å²) in [5.74, 6) is -0.813. The number of unbranched alkanes of at least 4 members (excludes halogenated alkanes) is 1. The molecule has 1 aromatic heterocycles. The third-order valence-electron chi connectivity index (χ3n) is 3.91. The molecule has 2 rings (SSSR count). The Morgan fingerprint density at radius 3 is 2.65 bits per heavy atom. The predicted molar refractivity (Wildman–Crippen MR) is 98.9 cm³/mol. The Hall–Kier alpha value is -3.16. The molecular weight excluding hydrogens is 336 g/mol. The average Bonchev–Trinajstić information content (AvgIpc) is 2.59. The van der Waals surface area contributed by atoms with Gasteiger partial charge >= 0.3 is 5.69 Å². The number of carbonyl (C=O) groups excluding carboxylic acids is 1. The monoisotopic (exact) mass is 358 g/mol. The van der Waals surface area contributed by atoms with Crippen molar-refractivity contribution in [3.05, 3.63) is 56.2 Å². The lowest BCUT2D eigenvalue weighted by Crippen LogP contribution is -2.33. The number of nitrogens with zero attached hydrogens (tertiary/aromatic N) is 2. The van der Waals surface area contributed by atoms with Gasteiger partial charge in [0.2, 0.25) is 11.8 Å². The van der Waals surface area contributed by atoms with Crippen molar-refractivity contribution < 1.29 is 9.90 Å². The molecule has 0 aliphatic rings. The number of aromatic amines is 1. The van der Waals surface area contributed by atoms with Crippen LogP contribution < -0.4 is 16.7 Å². The maximum absolute atomic E-state index is 12.2. The zero-order valence-corrected chi connectivity index (χ0v) is 15.0. The number of rotatable bonds is 6. The predicted octanol–water partition coefficient (Wildman–Crippen LogP) is 1.57. The lowest BCUT2D eigenvalue weighted by atomic mass is 10.1.